The summed E-state index contributed by atoms with van der Waals surface area (Å²) in [6.07, 6.45) is 0.199. The van der Waals surface area contributed by atoms with Crippen molar-refractivity contribution in [2.24, 2.45) is 0 Å². The van der Waals surface area contributed by atoms with Gasteiger partial charge in [0.2, 0.25) is 0 Å². The lowest BCUT2D eigenvalue weighted by Crippen LogP contribution is -2.38. The van der Waals surface area contributed by atoms with E-state index in [2.05, 4.69) is 0 Å². The first-order chi connectivity index (χ1) is 6.78. The molecule has 15 heavy (non-hydrogen) atoms. The average Bonchev–Trinajstić information content (AvgIpc) is 2.10. The summed E-state index contributed by atoms with van der Waals surface area (Å²) in [5.74, 6) is -1.61. The fourth-order valence-electron chi connectivity index (χ4n) is 0.797. The quantitative estimate of drug-likeness (QED) is 0.499. The van der Waals surface area contributed by atoms with Crippen molar-refractivity contribution in [1.29, 1.82) is 5.26 Å². The van der Waals surface area contributed by atoms with Crippen molar-refractivity contribution in [3.63, 3.8) is 0 Å². The molecular formula is C10H16N2O3. The smallest absolute Gasteiger partial charge is 0.397 e. The van der Waals surface area contributed by atoms with Gasteiger partial charge >= 0.3 is 11.9 Å². The van der Waals surface area contributed by atoms with E-state index in [1.54, 1.807) is 20.8 Å². The van der Waals surface area contributed by atoms with E-state index in [9.17, 15) is 9.59 Å². The number of ether oxygens (including phenoxy) is 1. The zero-order valence-electron chi connectivity index (χ0n) is 9.53. The molecule has 0 spiro atoms. The minimum absolute atomic E-state index is 0.199. The van der Waals surface area contributed by atoms with Crippen LogP contribution in [0.4, 0.5) is 0 Å². The van der Waals surface area contributed by atoms with Gasteiger partial charge in [-0.05, 0) is 20.8 Å². The summed E-state index contributed by atoms with van der Waals surface area (Å²) in [5, 5.41) is 8.32. The molecule has 0 saturated heterocycles. The van der Waals surface area contributed by atoms with E-state index in [0.717, 1.165) is 0 Å². The molecule has 0 aromatic rings. The van der Waals surface area contributed by atoms with E-state index in [0.29, 0.717) is 0 Å². The minimum Gasteiger partial charge on any atom is -0.453 e. The third-order valence-corrected chi connectivity index (χ3v) is 1.48. The van der Waals surface area contributed by atoms with Crippen molar-refractivity contribution in [3.05, 3.63) is 0 Å². The van der Waals surface area contributed by atoms with Crippen LogP contribution in [0.3, 0.4) is 0 Å². The fourth-order valence-corrected chi connectivity index (χ4v) is 0.797. The number of nitriles is 1. The number of rotatable bonds is 2. The Hall–Kier alpha value is -1.57. The van der Waals surface area contributed by atoms with Crippen LogP contribution in [0.25, 0.3) is 0 Å². The summed E-state index contributed by atoms with van der Waals surface area (Å²) in [5.41, 5.74) is -0.678. The van der Waals surface area contributed by atoms with E-state index in [-0.39, 0.29) is 13.0 Å². The molecule has 0 rings (SSSR count). The second kappa shape index (κ2) is 5.35. The van der Waals surface area contributed by atoms with Crippen LogP contribution in [0.2, 0.25) is 0 Å². The lowest BCUT2D eigenvalue weighted by Gasteiger charge is -2.21. The van der Waals surface area contributed by atoms with Crippen LogP contribution in [0.1, 0.15) is 27.2 Å². The number of hydrogen-bond acceptors (Lipinski definition) is 4. The Balaban J connectivity index is 4.22. The number of nitrogens with zero attached hydrogens (tertiary/aromatic N) is 2. The zero-order valence-corrected chi connectivity index (χ0v) is 9.53. The minimum atomic E-state index is -0.886. The van der Waals surface area contributed by atoms with E-state index in [4.69, 9.17) is 10.00 Å². The number of amides is 1. The van der Waals surface area contributed by atoms with Gasteiger partial charge in [-0.3, -0.25) is 4.79 Å². The van der Waals surface area contributed by atoms with Gasteiger partial charge < -0.3 is 9.64 Å². The summed E-state index contributed by atoms with van der Waals surface area (Å²) >= 11 is 0. The molecule has 0 saturated carbocycles. The van der Waals surface area contributed by atoms with Crippen LogP contribution in [0.5, 0.6) is 0 Å². The molecule has 0 radical (unpaired) electrons. The van der Waals surface area contributed by atoms with Crippen molar-refractivity contribution in [2.45, 2.75) is 32.8 Å². The topological polar surface area (TPSA) is 70.4 Å². The maximum Gasteiger partial charge on any atom is 0.397 e. The van der Waals surface area contributed by atoms with Gasteiger partial charge in [-0.25, -0.2) is 4.79 Å². The predicted molar refractivity (Wildman–Crippen MR) is 53.7 cm³/mol. The normalized spacial score (nSPS) is 10.3. The maximum atomic E-state index is 11.4. The molecule has 0 bridgehead atoms. The summed E-state index contributed by atoms with van der Waals surface area (Å²) in [6.45, 7) is 5.29. The lowest BCUT2D eigenvalue weighted by molar-refractivity contribution is -0.167. The molecule has 5 heteroatoms. The van der Waals surface area contributed by atoms with Gasteiger partial charge in [0, 0.05) is 13.6 Å². The monoisotopic (exact) mass is 212 g/mol. The predicted octanol–water partition coefficient (Wildman–Crippen LogP) is 0.700. The van der Waals surface area contributed by atoms with Gasteiger partial charge in [-0.2, -0.15) is 5.26 Å². The third-order valence-electron chi connectivity index (χ3n) is 1.48. The van der Waals surface area contributed by atoms with Gasteiger partial charge in [0.15, 0.2) is 0 Å². The average molecular weight is 212 g/mol. The van der Waals surface area contributed by atoms with Crippen molar-refractivity contribution in [2.75, 3.05) is 13.6 Å². The van der Waals surface area contributed by atoms with Crippen LogP contribution >= 0.6 is 0 Å². The van der Waals surface area contributed by atoms with Gasteiger partial charge in [0.1, 0.15) is 5.60 Å². The van der Waals surface area contributed by atoms with E-state index < -0.39 is 17.5 Å². The van der Waals surface area contributed by atoms with Crippen LogP contribution in [-0.4, -0.2) is 36.0 Å². The van der Waals surface area contributed by atoms with Gasteiger partial charge in [-0.1, -0.05) is 0 Å². The first-order valence-corrected chi connectivity index (χ1v) is 4.63. The van der Waals surface area contributed by atoms with Crippen LogP contribution in [-0.2, 0) is 14.3 Å². The Morgan fingerprint density at radius 1 is 1.40 bits per heavy atom. The number of likely N-dealkylation sites (N-methyl/N-ethyl adjacent to an activating group) is 1. The Kier molecular flexibility index (Phi) is 4.79. The second-order valence-corrected chi connectivity index (χ2v) is 4.14. The van der Waals surface area contributed by atoms with E-state index in [1.807, 2.05) is 6.07 Å². The number of carbonyl (C=O) groups excluding carboxylic acids is 2. The highest BCUT2D eigenvalue weighted by atomic mass is 16.6. The van der Waals surface area contributed by atoms with Gasteiger partial charge in [0.05, 0.1) is 12.5 Å². The lowest BCUT2D eigenvalue weighted by atomic mass is 10.2. The Morgan fingerprint density at radius 2 is 1.93 bits per heavy atom. The molecule has 0 aliphatic rings. The van der Waals surface area contributed by atoms with E-state index >= 15 is 0 Å². The third kappa shape index (κ3) is 5.68. The number of hydrogen-bond donors (Lipinski definition) is 0. The highest BCUT2D eigenvalue weighted by Crippen LogP contribution is 2.07. The highest BCUT2D eigenvalue weighted by molar-refractivity contribution is 6.32. The zero-order chi connectivity index (χ0) is 12.1. The first-order valence-electron chi connectivity index (χ1n) is 4.63. The molecule has 0 heterocycles. The van der Waals surface area contributed by atoms with Crippen molar-refractivity contribution < 1.29 is 14.3 Å². The van der Waals surface area contributed by atoms with Crippen molar-refractivity contribution in [1.82, 2.24) is 4.90 Å². The summed E-state index contributed by atoms with van der Waals surface area (Å²) in [7, 11) is 1.46. The second-order valence-electron chi connectivity index (χ2n) is 4.14. The molecule has 1 amide bonds. The van der Waals surface area contributed by atoms with E-state index in [1.165, 1.54) is 11.9 Å². The summed E-state index contributed by atoms with van der Waals surface area (Å²) in [4.78, 5) is 23.8. The molecule has 0 aliphatic carbocycles. The number of carbonyl (C=O) groups is 2. The largest absolute Gasteiger partial charge is 0.453 e. The standard InChI is InChI=1S/C10H16N2O3/c1-10(2,3)15-9(14)8(13)12(4)7-5-6-11/h5,7H2,1-4H3. The highest BCUT2D eigenvalue weighted by Gasteiger charge is 2.25. The SMILES string of the molecule is CN(CCC#N)C(=O)C(=O)OC(C)(C)C. The maximum absolute atomic E-state index is 11.4. The molecule has 84 valence electrons. The van der Waals surface area contributed by atoms with Crippen LogP contribution < -0.4 is 0 Å². The molecule has 0 unspecified atom stereocenters. The summed E-state index contributed by atoms with van der Waals surface area (Å²) in [6, 6.07) is 1.89. The van der Waals surface area contributed by atoms with Crippen molar-refractivity contribution >= 4 is 11.9 Å². The molecule has 0 aliphatic heterocycles. The van der Waals surface area contributed by atoms with Gasteiger partial charge in [0.25, 0.3) is 0 Å². The molecule has 0 aromatic heterocycles. The van der Waals surface area contributed by atoms with Crippen molar-refractivity contribution in [3.8, 4) is 6.07 Å². The Labute approximate surface area is 89.6 Å². The van der Waals surface area contributed by atoms with Crippen LogP contribution in [0.15, 0.2) is 0 Å². The fraction of sp³-hybridized carbons (Fsp3) is 0.700. The molecule has 0 N–H and O–H groups in total. The molecule has 0 aromatic carbocycles. The number of esters is 1. The first kappa shape index (κ1) is 13.4. The Morgan fingerprint density at radius 3 is 2.33 bits per heavy atom. The van der Waals surface area contributed by atoms with Gasteiger partial charge in [-0.15, -0.1) is 0 Å². The molecule has 5 nitrogen and oxygen atoms in total. The Bertz CT molecular complexity index is 286. The molecular weight excluding hydrogens is 196 g/mol. The molecule has 0 atom stereocenters. The molecule has 0 fully saturated rings. The van der Waals surface area contributed by atoms with Crippen LogP contribution in [0, 0.1) is 11.3 Å². The summed E-state index contributed by atoms with van der Waals surface area (Å²) < 4.78 is 4.89.